The van der Waals surface area contributed by atoms with E-state index in [4.69, 9.17) is 6.42 Å². The molecule has 3 atom stereocenters. The monoisotopic (exact) mass is 515 g/mol. The summed E-state index contributed by atoms with van der Waals surface area (Å²) in [6, 6.07) is 18.7. The van der Waals surface area contributed by atoms with E-state index < -0.39 is 12.2 Å². The van der Waals surface area contributed by atoms with E-state index in [1.807, 2.05) is 67.3 Å². The lowest BCUT2D eigenvalue weighted by molar-refractivity contribution is -0.189. The Morgan fingerprint density at radius 1 is 1.05 bits per heavy atom. The quantitative estimate of drug-likeness (QED) is 0.548. The zero-order valence-corrected chi connectivity index (χ0v) is 22.4. The van der Waals surface area contributed by atoms with Crippen molar-refractivity contribution in [1.29, 1.82) is 0 Å². The number of benzene rings is 2. The molecule has 2 fully saturated rings. The lowest BCUT2D eigenvalue weighted by Crippen LogP contribution is -2.76. The van der Waals surface area contributed by atoms with Crippen LogP contribution < -0.4 is 5.32 Å². The number of amides is 4. The summed E-state index contributed by atoms with van der Waals surface area (Å²) in [6.45, 7) is 7.27. The molecule has 0 radical (unpaired) electrons. The number of urea groups is 1. The Morgan fingerprint density at radius 3 is 2.34 bits per heavy atom. The van der Waals surface area contributed by atoms with Crippen molar-refractivity contribution in [2.45, 2.75) is 51.9 Å². The summed E-state index contributed by atoms with van der Waals surface area (Å²) >= 11 is 0. The second kappa shape index (κ2) is 12.1. The first-order valence-corrected chi connectivity index (χ1v) is 13.2. The number of fused-ring (bicyclic) bond motifs is 1. The van der Waals surface area contributed by atoms with Gasteiger partial charge in [-0.05, 0) is 29.4 Å². The number of carbonyl (C=O) groups is 3. The van der Waals surface area contributed by atoms with Crippen molar-refractivity contribution in [3.8, 4) is 12.3 Å². The summed E-state index contributed by atoms with van der Waals surface area (Å²) in [4.78, 5) is 44.3. The predicted octanol–water partition coefficient (Wildman–Crippen LogP) is 3.28. The van der Waals surface area contributed by atoms with E-state index >= 15 is 0 Å². The van der Waals surface area contributed by atoms with Crippen molar-refractivity contribution in [3.05, 3.63) is 71.8 Å². The number of nitrogens with zero attached hydrogens (tertiary/aromatic N) is 4. The van der Waals surface area contributed by atoms with Crippen molar-refractivity contribution >= 4 is 17.8 Å². The molecule has 2 aliphatic heterocycles. The number of rotatable bonds is 8. The van der Waals surface area contributed by atoms with Crippen LogP contribution in [0.1, 0.15) is 44.2 Å². The number of terminal acetylenes is 1. The molecule has 8 nitrogen and oxygen atoms in total. The summed E-state index contributed by atoms with van der Waals surface area (Å²) in [5.74, 6) is 2.60. The number of piperazine rings is 1. The van der Waals surface area contributed by atoms with Gasteiger partial charge in [-0.3, -0.25) is 9.59 Å². The van der Waals surface area contributed by atoms with Gasteiger partial charge < -0.3 is 15.1 Å². The number of carbonyl (C=O) groups excluding carboxylic acids is 3. The van der Waals surface area contributed by atoms with Gasteiger partial charge in [-0.15, -0.1) is 6.42 Å². The van der Waals surface area contributed by atoms with Crippen LogP contribution in [0.3, 0.4) is 0 Å². The summed E-state index contributed by atoms with van der Waals surface area (Å²) in [6.07, 6.45) is 5.51. The topological polar surface area (TPSA) is 76.2 Å². The Bertz CT molecular complexity index is 1160. The van der Waals surface area contributed by atoms with Crippen LogP contribution in [0.5, 0.6) is 0 Å². The minimum atomic E-state index is -0.648. The van der Waals surface area contributed by atoms with Gasteiger partial charge in [-0.25, -0.2) is 9.80 Å². The van der Waals surface area contributed by atoms with Crippen LogP contribution in [0, 0.1) is 18.3 Å². The van der Waals surface area contributed by atoms with Crippen molar-refractivity contribution in [2.75, 3.05) is 26.2 Å². The summed E-state index contributed by atoms with van der Waals surface area (Å²) in [7, 11) is 0. The molecule has 0 spiro atoms. The Hall–Kier alpha value is -3.83. The average molecular weight is 516 g/mol. The number of hydrogen-bond acceptors (Lipinski definition) is 4. The number of nitrogens with one attached hydrogen (secondary N) is 1. The first-order valence-electron chi connectivity index (χ1n) is 13.2. The Morgan fingerprint density at radius 2 is 1.71 bits per heavy atom. The van der Waals surface area contributed by atoms with E-state index in [0.29, 0.717) is 19.5 Å². The van der Waals surface area contributed by atoms with E-state index in [1.54, 1.807) is 14.9 Å². The van der Waals surface area contributed by atoms with Crippen LogP contribution >= 0.6 is 0 Å². The van der Waals surface area contributed by atoms with E-state index in [0.717, 1.165) is 11.1 Å². The van der Waals surface area contributed by atoms with Crippen LogP contribution in [-0.2, 0) is 16.1 Å². The van der Waals surface area contributed by atoms with E-state index in [1.165, 1.54) is 0 Å². The highest BCUT2D eigenvalue weighted by Gasteiger charge is 2.51. The van der Waals surface area contributed by atoms with Crippen molar-refractivity contribution < 1.29 is 14.4 Å². The highest BCUT2D eigenvalue weighted by atomic mass is 16.2. The Kier molecular flexibility index (Phi) is 8.70. The largest absolute Gasteiger partial charge is 0.336 e. The van der Waals surface area contributed by atoms with Crippen LogP contribution in [0.2, 0.25) is 0 Å². The van der Waals surface area contributed by atoms with Gasteiger partial charge in [0.1, 0.15) is 12.2 Å². The van der Waals surface area contributed by atoms with Gasteiger partial charge in [0.05, 0.1) is 19.6 Å². The van der Waals surface area contributed by atoms with Crippen molar-refractivity contribution in [2.24, 2.45) is 5.92 Å². The van der Waals surface area contributed by atoms with E-state index in [9.17, 15) is 14.4 Å². The fraction of sp³-hybridized carbons (Fsp3) is 0.433. The first-order chi connectivity index (χ1) is 18.3. The van der Waals surface area contributed by atoms with Gasteiger partial charge in [0.15, 0.2) is 0 Å². The van der Waals surface area contributed by atoms with Gasteiger partial charge >= 0.3 is 6.03 Å². The zero-order chi connectivity index (χ0) is 27.2. The lowest BCUT2D eigenvalue weighted by Gasteiger charge is -2.55. The minimum Gasteiger partial charge on any atom is -0.336 e. The van der Waals surface area contributed by atoms with Crippen LogP contribution in [0.25, 0.3) is 0 Å². The van der Waals surface area contributed by atoms with Crippen LogP contribution in [0.15, 0.2) is 60.7 Å². The van der Waals surface area contributed by atoms with Crippen molar-refractivity contribution in [3.63, 3.8) is 0 Å². The third-order valence-corrected chi connectivity index (χ3v) is 7.16. The highest BCUT2D eigenvalue weighted by Crippen LogP contribution is 2.30. The third-order valence-electron chi connectivity index (χ3n) is 7.16. The molecular formula is C30H37N5O3. The standard InChI is InChI=1S/C30H37N5O3/c1-5-16-33-21-28(36)34-26(17-22(2)3)29(37)32(19-23(4)25-14-10-7-11-15-25)20-27(34)35(33)30(38)31-18-24-12-8-6-9-13-24/h1,6-15,22-23,26-27H,16-21H2,2-4H3,(H,31,38)/t23?,26-,27-/m0/s1. The van der Waals surface area contributed by atoms with E-state index in [2.05, 4.69) is 30.3 Å². The molecule has 2 aliphatic rings. The molecule has 2 aromatic carbocycles. The molecule has 2 aromatic rings. The smallest absolute Gasteiger partial charge is 0.334 e. The predicted molar refractivity (Wildman–Crippen MR) is 146 cm³/mol. The summed E-state index contributed by atoms with van der Waals surface area (Å²) < 4.78 is 0. The third kappa shape index (κ3) is 6.00. The maximum absolute atomic E-state index is 13.8. The maximum Gasteiger partial charge on any atom is 0.334 e. The lowest BCUT2D eigenvalue weighted by atomic mass is 9.95. The SMILES string of the molecule is C#CCN1CC(=O)N2[C@@H](CC(C)C)C(=O)N(CC(C)c3ccccc3)C[C@@H]2N1C(=O)NCc1ccccc1. The first kappa shape index (κ1) is 27.2. The molecule has 4 rings (SSSR count). The molecule has 0 aliphatic carbocycles. The van der Waals surface area contributed by atoms with Gasteiger partial charge in [0.25, 0.3) is 0 Å². The molecule has 0 aromatic heterocycles. The molecule has 2 saturated heterocycles. The molecule has 38 heavy (non-hydrogen) atoms. The fourth-order valence-corrected chi connectivity index (χ4v) is 5.35. The molecule has 200 valence electrons. The number of hydrogen-bond donors (Lipinski definition) is 1. The molecule has 4 amide bonds. The zero-order valence-electron chi connectivity index (χ0n) is 22.4. The molecule has 2 heterocycles. The molecule has 1 unspecified atom stereocenters. The second-order valence-corrected chi connectivity index (χ2v) is 10.5. The Balaban J connectivity index is 1.64. The van der Waals surface area contributed by atoms with Gasteiger partial charge in [-0.2, -0.15) is 5.01 Å². The minimum absolute atomic E-state index is 0.0538. The van der Waals surface area contributed by atoms with Crippen molar-refractivity contribution in [1.82, 2.24) is 25.1 Å². The fourth-order valence-electron chi connectivity index (χ4n) is 5.35. The van der Waals surface area contributed by atoms with E-state index in [-0.39, 0.29) is 49.3 Å². The maximum atomic E-state index is 13.8. The van der Waals surface area contributed by atoms with Gasteiger partial charge in [-0.1, -0.05) is 87.4 Å². The van der Waals surface area contributed by atoms with Crippen LogP contribution in [0.4, 0.5) is 4.79 Å². The molecular weight excluding hydrogens is 478 g/mol. The second-order valence-electron chi connectivity index (χ2n) is 10.5. The van der Waals surface area contributed by atoms with Gasteiger partial charge in [0, 0.05) is 13.1 Å². The molecule has 0 bridgehead atoms. The normalized spacial score (nSPS) is 20.8. The highest BCUT2D eigenvalue weighted by molar-refractivity contribution is 5.91. The number of hydrazine groups is 1. The summed E-state index contributed by atoms with van der Waals surface area (Å²) in [5.41, 5.74) is 2.10. The van der Waals surface area contributed by atoms with Gasteiger partial charge in [0.2, 0.25) is 11.8 Å². The summed E-state index contributed by atoms with van der Waals surface area (Å²) in [5, 5.41) is 6.16. The van der Waals surface area contributed by atoms with Crippen LogP contribution in [-0.4, -0.2) is 76.0 Å². The molecule has 1 N–H and O–H groups in total. The Labute approximate surface area is 225 Å². The molecule has 0 saturated carbocycles. The average Bonchev–Trinajstić information content (AvgIpc) is 2.90. The molecule has 8 heteroatoms.